The van der Waals surface area contributed by atoms with Crippen molar-refractivity contribution in [2.45, 2.75) is 31.5 Å². The Bertz CT molecular complexity index is 1120. The third kappa shape index (κ3) is 3.64. The minimum absolute atomic E-state index is 0.176. The van der Waals surface area contributed by atoms with Gasteiger partial charge in [-0.1, -0.05) is 116 Å². The van der Waals surface area contributed by atoms with Crippen LogP contribution in [-0.2, 0) is 10.7 Å². The third-order valence-corrected chi connectivity index (χ3v) is 6.02. The lowest BCUT2D eigenvalue weighted by Crippen LogP contribution is -2.10. The normalized spacial score (nSPS) is 11.7. The zero-order valence-electron chi connectivity index (χ0n) is 16.7. The number of benzene rings is 4. The maximum atomic E-state index is 3.62. The third-order valence-electron chi connectivity index (χ3n) is 5.41. The Morgan fingerprint density at radius 3 is 2.07 bits per heavy atom. The Kier molecular flexibility index (Phi) is 5.12. The van der Waals surface area contributed by atoms with Gasteiger partial charge in [0.25, 0.3) is 0 Å². The van der Waals surface area contributed by atoms with Crippen LogP contribution in [0.4, 0.5) is 0 Å². The molecular formula is C27H25Br. The van der Waals surface area contributed by atoms with Crippen LogP contribution in [0.5, 0.6) is 0 Å². The van der Waals surface area contributed by atoms with Gasteiger partial charge in [0, 0.05) is 5.33 Å². The maximum Gasteiger partial charge on any atom is 0.0289 e. The maximum absolute atomic E-state index is 3.62. The van der Waals surface area contributed by atoms with Gasteiger partial charge in [-0.25, -0.2) is 0 Å². The van der Waals surface area contributed by atoms with Crippen molar-refractivity contribution in [3.63, 3.8) is 0 Å². The van der Waals surface area contributed by atoms with Gasteiger partial charge in [-0.15, -0.1) is 0 Å². The van der Waals surface area contributed by atoms with E-state index in [1.165, 1.54) is 44.2 Å². The fraction of sp³-hybridized carbons (Fsp3) is 0.185. The van der Waals surface area contributed by atoms with Gasteiger partial charge in [-0.05, 0) is 55.6 Å². The van der Waals surface area contributed by atoms with E-state index in [2.05, 4.69) is 122 Å². The van der Waals surface area contributed by atoms with E-state index in [0.717, 1.165) is 5.33 Å². The molecule has 0 spiro atoms. The van der Waals surface area contributed by atoms with Crippen LogP contribution in [0.2, 0.25) is 0 Å². The van der Waals surface area contributed by atoms with Crippen LogP contribution < -0.4 is 0 Å². The molecule has 0 nitrogen and oxygen atoms in total. The summed E-state index contributed by atoms with van der Waals surface area (Å²) < 4.78 is 0. The largest absolute Gasteiger partial charge is 0.0876 e. The Balaban J connectivity index is 1.80. The molecule has 0 bridgehead atoms. The standard InChI is InChI=1S/C27H25Br/c1-27(2,3)23-14-11-19(12-15-23)25-10-6-8-20-17-21(13-16-26(20)25)24-9-5-4-7-22(24)18-28/h4-17H,18H2,1-3H3. The van der Waals surface area contributed by atoms with E-state index in [9.17, 15) is 0 Å². The molecule has 28 heavy (non-hydrogen) atoms. The number of alkyl halides is 1. The highest BCUT2D eigenvalue weighted by atomic mass is 79.9. The monoisotopic (exact) mass is 428 g/mol. The van der Waals surface area contributed by atoms with Crippen molar-refractivity contribution in [3.8, 4) is 22.3 Å². The predicted molar refractivity (Wildman–Crippen MR) is 126 cm³/mol. The summed E-state index contributed by atoms with van der Waals surface area (Å²) in [4.78, 5) is 0. The van der Waals surface area contributed by atoms with E-state index in [1.54, 1.807) is 0 Å². The molecule has 0 saturated heterocycles. The van der Waals surface area contributed by atoms with Crippen molar-refractivity contribution in [2.24, 2.45) is 0 Å². The molecule has 0 heterocycles. The van der Waals surface area contributed by atoms with Gasteiger partial charge in [0.05, 0.1) is 0 Å². The molecule has 0 aliphatic rings. The minimum Gasteiger partial charge on any atom is -0.0876 e. The number of hydrogen-bond acceptors (Lipinski definition) is 0. The zero-order valence-corrected chi connectivity index (χ0v) is 18.3. The quantitative estimate of drug-likeness (QED) is 0.287. The first-order valence-electron chi connectivity index (χ1n) is 9.75. The lowest BCUT2D eigenvalue weighted by atomic mass is 9.86. The molecule has 140 valence electrons. The summed E-state index contributed by atoms with van der Waals surface area (Å²) in [5.74, 6) is 0. The van der Waals surface area contributed by atoms with Crippen LogP contribution in [-0.4, -0.2) is 0 Å². The molecular weight excluding hydrogens is 404 g/mol. The number of hydrogen-bond donors (Lipinski definition) is 0. The van der Waals surface area contributed by atoms with Crippen LogP contribution in [0.15, 0.2) is 84.9 Å². The second-order valence-corrected chi connectivity index (χ2v) is 8.92. The predicted octanol–water partition coefficient (Wildman–Crippen LogP) is 8.37. The fourth-order valence-corrected chi connectivity index (χ4v) is 4.26. The van der Waals surface area contributed by atoms with E-state index in [0.29, 0.717) is 0 Å². The molecule has 0 N–H and O–H groups in total. The van der Waals surface area contributed by atoms with Gasteiger partial charge in [-0.2, -0.15) is 0 Å². The number of fused-ring (bicyclic) bond motifs is 1. The van der Waals surface area contributed by atoms with Crippen molar-refractivity contribution < 1.29 is 0 Å². The van der Waals surface area contributed by atoms with Gasteiger partial charge in [-0.3, -0.25) is 0 Å². The molecule has 4 rings (SSSR count). The smallest absolute Gasteiger partial charge is 0.0289 e. The summed E-state index contributed by atoms with van der Waals surface area (Å²) in [6, 6.07) is 31.0. The van der Waals surface area contributed by atoms with E-state index < -0.39 is 0 Å². The lowest BCUT2D eigenvalue weighted by Gasteiger charge is -2.19. The summed E-state index contributed by atoms with van der Waals surface area (Å²) >= 11 is 3.62. The van der Waals surface area contributed by atoms with E-state index in [1.807, 2.05) is 0 Å². The van der Waals surface area contributed by atoms with Crippen molar-refractivity contribution in [2.75, 3.05) is 0 Å². The topological polar surface area (TPSA) is 0 Å². The summed E-state index contributed by atoms with van der Waals surface area (Å²) in [6.07, 6.45) is 0. The molecule has 0 aliphatic carbocycles. The Labute approximate surface area is 176 Å². The molecule has 0 atom stereocenters. The second-order valence-electron chi connectivity index (χ2n) is 8.36. The van der Waals surface area contributed by atoms with Crippen molar-refractivity contribution >= 4 is 26.7 Å². The van der Waals surface area contributed by atoms with Crippen molar-refractivity contribution in [1.82, 2.24) is 0 Å². The van der Waals surface area contributed by atoms with Crippen LogP contribution in [0.25, 0.3) is 33.0 Å². The molecule has 0 aromatic heterocycles. The van der Waals surface area contributed by atoms with Gasteiger partial charge in [0.1, 0.15) is 0 Å². The SMILES string of the molecule is CC(C)(C)c1ccc(-c2cccc3cc(-c4ccccc4CBr)ccc23)cc1. The molecule has 0 aliphatic heterocycles. The van der Waals surface area contributed by atoms with Gasteiger partial charge in [0.15, 0.2) is 0 Å². The average molecular weight is 429 g/mol. The van der Waals surface area contributed by atoms with E-state index in [4.69, 9.17) is 0 Å². The zero-order chi connectivity index (χ0) is 19.7. The average Bonchev–Trinajstić information content (AvgIpc) is 2.72. The Morgan fingerprint density at radius 2 is 1.36 bits per heavy atom. The van der Waals surface area contributed by atoms with Crippen LogP contribution in [0.1, 0.15) is 31.9 Å². The van der Waals surface area contributed by atoms with Crippen LogP contribution >= 0.6 is 15.9 Å². The first-order valence-corrected chi connectivity index (χ1v) is 10.9. The van der Waals surface area contributed by atoms with Gasteiger partial charge in [0.2, 0.25) is 0 Å². The molecule has 0 saturated carbocycles. The van der Waals surface area contributed by atoms with E-state index in [-0.39, 0.29) is 5.41 Å². The molecule has 4 aromatic carbocycles. The second kappa shape index (κ2) is 7.56. The summed E-state index contributed by atoms with van der Waals surface area (Å²) in [5.41, 5.74) is 7.98. The van der Waals surface area contributed by atoms with Gasteiger partial charge < -0.3 is 0 Å². The lowest BCUT2D eigenvalue weighted by molar-refractivity contribution is 0.590. The molecule has 4 aromatic rings. The Hall–Kier alpha value is -2.38. The molecule has 0 unspecified atom stereocenters. The highest BCUT2D eigenvalue weighted by Crippen LogP contribution is 2.34. The number of halogens is 1. The van der Waals surface area contributed by atoms with Gasteiger partial charge >= 0.3 is 0 Å². The fourth-order valence-electron chi connectivity index (χ4n) is 3.77. The Morgan fingerprint density at radius 1 is 0.679 bits per heavy atom. The number of rotatable bonds is 3. The van der Waals surface area contributed by atoms with Crippen LogP contribution in [0.3, 0.4) is 0 Å². The highest BCUT2D eigenvalue weighted by Gasteiger charge is 2.14. The highest BCUT2D eigenvalue weighted by molar-refractivity contribution is 9.08. The van der Waals surface area contributed by atoms with Crippen molar-refractivity contribution in [1.29, 1.82) is 0 Å². The first kappa shape index (κ1) is 19.0. The summed E-state index contributed by atoms with van der Waals surface area (Å²) in [7, 11) is 0. The van der Waals surface area contributed by atoms with Crippen LogP contribution in [0, 0.1) is 0 Å². The first-order chi connectivity index (χ1) is 13.5. The minimum atomic E-state index is 0.176. The molecule has 0 fully saturated rings. The summed E-state index contributed by atoms with van der Waals surface area (Å²) in [6.45, 7) is 6.77. The molecule has 0 radical (unpaired) electrons. The summed E-state index contributed by atoms with van der Waals surface area (Å²) in [5, 5.41) is 3.44. The van der Waals surface area contributed by atoms with E-state index >= 15 is 0 Å². The van der Waals surface area contributed by atoms with Crippen molar-refractivity contribution in [3.05, 3.63) is 96.1 Å². The molecule has 1 heteroatoms. The molecule has 0 amide bonds.